The van der Waals surface area contributed by atoms with Crippen molar-refractivity contribution in [2.75, 3.05) is 0 Å². The molecule has 1 aromatic heterocycles. The lowest BCUT2D eigenvalue weighted by Crippen LogP contribution is -2.33. The van der Waals surface area contributed by atoms with Crippen LogP contribution in [0.25, 0.3) is 22.0 Å². The van der Waals surface area contributed by atoms with Gasteiger partial charge in [-0.05, 0) is 70.4 Å². The Labute approximate surface area is 188 Å². The Morgan fingerprint density at radius 2 is 1.44 bits per heavy atom. The first kappa shape index (κ1) is 21.9. The van der Waals surface area contributed by atoms with Crippen LogP contribution in [-0.2, 0) is 22.6 Å². The number of benzene rings is 2. The maximum absolute atomic E-state index is 12.8. The van der Waals surface area contributed by atoms with Crippen molar-refractivity contribution in [3.05, 3.63) is 59.8 Å². The summed E-state index contributed by atoms with van der Waals surface area (Å²) >= 11 is 0. The Morgan fingerprint density at radius 1 is 0.812 bits per heavy atom. The molecule has 32 heavy (non-hydrogen) atoms. The van der Waals surface area contributed by atoms with Gasteiger partial charge in [0.25, 0.3) is 0 Å². The minimum Gasteiger partial charge on any atom is -0.444 e. The lowest BCUT2D eigenvalue weighted by molar-refractivity contribution is 0.0241. The molecule has 6 nitrogen and oxygen atoms in total. The fraction of sp³-hybridized carbons (Fsp3) is 0.385. The fourth-order valence-corrected chi connectivity index (χ4v) is 3.89. The van der Waals surface area contributed by atoms with E-state index in [0.29, 0.717) is 13.1 Å². The second kappa shape index (κ2) is 7.69. The number of rotatable bonds is 1. The predicted molar refractivity (Wildman–Crippen MR) is 124 cm³/mol. The van der Waals surface area contributed by atoms with Gasteiger partial charge in [-0.25, -0.2) is 9.59 Å². The summed E-state index contributed by atoms with van der Waals surface area (Å²) in [5, 5.41) is 0.973. The summed E-state index contributed by atoms with van der Waals surface area (Å²) in [4.78, 5) is 27.0. The van der Waals surface area contributed by atoms with Crippen molar-refractivity contribution in [1.29, 1.82) is 0 Å². The van der Waals surface area contributed by atoms with E-state index < -0.39 is 17.3 Å². The van der Waals surface area contributed by atoms with Crippen LogP contribution < -0.4 is 0 Å². The van der Waals surface area contributed by atoms with Gasteiger partial charge in [-0.3, -0.25) is 9.47 Å². The Balaban J connectivity index is 1.67. The molecule has 3 aromatic rings. The monoisotopic (exact) mass is 434 g/mol. The zero-order chi connectivity index (χ0) is 23.3. The summed E-state index contributed by atoms with van der Waals surface area (Å²) in [6.07, 6.45) is 1.12. The summed E-state index contributed by atoms with van der Waals surface area (Å²) in [7, 11) is 0. The number of nitrogens with zero attached hydrogens (tertiary/aromatic N) is 2. The first-order valence-corrected chi connectivity index (χ1v) is 10.8. The molecule has 0 aliphatic carbocycles. The second-order valence-electron chi connectivity index (χ2n) is 10.2. The van der Waals surface area contributed by atoms with E-state index in [9.17, 15) is 9.59 Å². The van der Waals surface area contributed by atoms with Crippen molar-refractivity contribution in [3.63, 3.8) is 0 Å². The summed E-state index contributed by atoms with van der Waals surface area (Å²) in [5.74, 6) is 0. The van der Waals surface area contributed by atoms with Crippen molar-refractivity contribution in [1.82, 2.24) is 9.47 Å². The smallest absolute Gasteiger partial charge is 0.419 e. The lowest BCUT2D eigenvalue weighted by Gasteiger charge is -2.24. The van der Waals surface area contributed by atoms with Crippen molar-refractivity contribution in [3.8, 4) is 11.1 Å². The molecule has 0 atom stereocenters. The average molecular weight is 435 g/mol. The van der Waals surface area contributed by atoms with Gasteiger partial charge in [0, 0.05) is 30.2 Å². The third-order valence-corrected chi connectivity index (χ3v) is 5.19. The zero-order valence-corrected chi connectivity index (χ0v) is 19.6. The van der Waals surface area contributed by atoms with E-state index in [1.165, 1.54) is 0 Å². The molecule has 1 aliphatic rings. The molecule has 6 heteroatoms. The molecule has 2 aromatic carbocycles. The van der Waals surface area contributed by atoms with E-state index in [-0.39, 0.29) is 6.09 Å². The van der Waals surface area contributed by atoms with Crippen LogP contribution in [0, 0.1) is 0 Å². The number of amides is 1. The average Bonchev–Trinajstić information content (AvgIpc) is 3.26. The molecule has 2 heterocycles. The van der Waals surface area contributed by atoms with Gasteiger partial charge in [0.15, 0.2) is 0 Å². The van der Waals surface area contributed by atoms with Crippen LogP contribution in [0.2, 0.25) is 0 Å². The van der Waals surface area contributed by atoms with Crippen molar-refractivity contribution in [2.24, 2.45) is 0 Å². The van der Waals surface area contributed by atoms with E-state index >= 15 is 0 Å². The third-order valence-electron chi connectivity index (χ3n) is 5.19. The second-order valence-corrected chi connectivity index (χ2v) is 10.2. The molecule has 0 spiro atoms. The highest BCUT2D eigenvalue weighted by Crippen LogP contribution is 2.34. The minimum absolute atomic E-state index is 0.309. The summed E-state index contributed by atoms with van der Waals surface area (Å²) in [5.41, 5.74) is 3.82. The van der Waals surface area contributed by atoms with Crippen LogP contribution in [-0.4, -0.2) is 32.9 Å². The van der Waals surface area contributed by atoms with Gasteiger partial charge in [-0.2, -0.15) is 0 Å². The van der Waals surface area contributed by atoms with E-state index in [1.807, 2.05) is 78.1 Å². The molecule has 0 saturated carbocycles. The van der Waals surface area contributed by atoms with Gasteiger partial charge < -0.3 is 9.47 Å². The molecule has 0 fully saturated rings. The molecule has 1 aliphatic heterocycles. The standard InChI is InChI=1S/C26H30N2O4/c1-25(2,3)31-23(29)27-14-18-12-11-17(13-19(18)15-27)21-16-28(24(30)32-26(4,5)6)22-10-8-7-9-20(21)22/h7-13,16H,14-15H2,1-6H3. The summed E-state index contributed by atoms with van der Waals surface area (Å²) < 4.78 is 12.7. The Hall–Kier alpha value is -3.28. The molecule has 0 radical (unpaired) electrons. The van der Waals surface area contributed by atoms with Crippen LogP contribution >= 0.6 is 0 Å². The highest BCUT2D eigenvalue weighted by atomic mass is 16.6. The van der Waals surface area contributed by atoms with Gasteiger partial charge in [0.1, 0.15) is 11.2 Å². The third kappa shape index (κ3) is 4.49. The normalized spacial score (nSPS) is 13.9. The van der Waals surface area contributed by atoms with Gasteiger partial charge in [0.2, 0.25) is 0 Å². The molecule has 4 rings (SSSR count). The lowest BCUT2D eigenvalue weighted by atomic mass is 10.0. The minimum atomic E-state index is -0.582. The van der Waals surface area contributed by atoms with Gasteiger partial charge >= 0.3 is 12.2 Å². The fourth-order valence-electron chi connectivity index (χ4n) is 3.89. The van der Waals surface area contributed by atoms with Crippen LogP contribution in [0.4, 0.5) is 9.59 Å². The number of carbonyl (C=O) groups excluding carboxylic acids is 2. The quantitative estimate of drug-likeness (QED) is 0.448. The van der Waals surface area contributed by atoms with Crippen LogP contribution in [0.3, 0.4) is 0 Å². The van der Waals surface area contributed by atoms with Crippen LogP contribution in [0.5, 0.6) is 0 Å². The Bertz CT molecular complexity index is 1190. The first-order chi connectivity index (χ1) is 14.9. The molecule has 0 saturated heterocycles. The topological polar surface area (TPSA) is 60.8 Å². The van der Waals surface area contributed by atoms with E-state index in [4.69, 9.17) is 9.47 Å². The SMILES string of the molecule is CC(C)(C)OC(=O)N1Cc2ccc(-c3cn(C(=O)OC(C)(C)C)c4ccccc34)cc2C1. The number of hydrogen-bond donors (Lipinski definition) is 0. The first-order valence-electron chi connectivity index (χ1n) is 10.8. The molecule has 0 bridgehead atoms. The number of fused-ring (bicyclic) bond motifs is 2. The molecule has 0 unspecified atom stereocenters. The number of aromatic nitrogens is 1. The van der Waals surface area contributed by atoms with Gasteiger partial charge in [0.05, 0.1) is 5.52 Å². The molecule has 0 N–H and O–H groups in total. The Morgan fingerprint density at radius 3 is 2.12 bits per heavy atom. The van der Waals surface area contributed by atoms with Gasteiger partial charge in [-0.1, -0.05) is 30.3 Å². The van der Waals surface area contributed by atoms with Crippen molar-refractivity contribution < 1.29 is 19.1 Å². The molecular weight excluding hydrogens is 404 g/mol. The molecule has 168 valence electrons. The number of ether oxygens (including phenoxy) is 2. The number of carbonyl (C=O) groups is 2. The molecule has 1 amide bonds. The zero-order valence-electron chi connectivity index (χ0n) is 19.6. The molecular formula is C26H30N2O4. The Kier molecular flexibility index (Phi) is 5.27. The van der Waals surface area contributed by atoms with E-state index in [2.05, 4.69) is 12.1 Å². The van der Waals surface area contributed by atoms with Crippen molar-refractivity contribution >= 4 is 23.1 Å². The maximum atomic E-state index is 12.8. The van der Waals surface area contributed by atoms with Crippen LogP contribution in [0.1, 0.15) is 52.7 Å². The highest BCUT2D eigenvalue weighted by Gasteiger charge is 2.28. The summed E-state index contributed by atoms with van der Waals surface area (Å²) in [6, 6.07) is 14.0. The highest BCUT2D eigenvalue weighted by molar-refractivity contribution is 6.00. The van der Waals surface area contributed by atoms with Crippen molar-refractivity contribution in [2.45, 2.75) is 65.8 Å². The maximum Gasteiger partial charge on any atom is 0.419 e. The van der Waals surface area contributed by atoms with Gasteiger partial charge in [-0.15, -0.1) is 0 Å². The predicted octanol–water partition coefficient (Wildman–Crippen LogP) is 6.34. The van der Waals surface area contributed by atoms with E-state index in [0.717, 1.165) is 33.2 Å². The van der Waals surface area contributed by atoms with Crippen LogP contribution in [0.15, 0.2) is 48.7 Å². The number of hydrogen-bond acceptors (Lipinski definition) is 4. The summed E-state index contributed by atoms with van der Waals surface area (Å²) in [6.45, 7) is 12.2. The van der Waals surface area contributed by atoms with E-state index in [1.54, 1.807) is 9.47 Å². The largest absolute Gasteiger partial charge is 0.444 e. The number of para-hydroxylation sites is 1.